The molecule has 0 N–H and O–H groups in total. The Morgan fingerprint density at radius 2 is 1.78 bits per heavy atom. The Hall–Kier alpha value is -1.76. The van der Waals surface area contributed by atoms with Crippen molar-refractivity contribution >= 4 is 0 Å². The maximum atomic E-state index is 5.23. The van der Waals surface area contributed by atoms with E-state index in [0.29, 0.717) is 5.92 Å². The molecule has 1 aliphatic rings. The lowest BCUT2D eigenvalue weighted by molar-refractivity contribution is 0.414. The monoisotopic (exact) mass is 238 g/mol. The van der Waals surface area contributed by atoms with E-state index in [1.165, 1.54) is 36.0 Å². The molecule has 0 aromatic heterocycles. The summed E-state index contributed by atoms with van der Waals surface area (Å²) in [4.78, 5) is 0. The summed E-state index contributed by atoms with van der Waals surface area (Å²) in [5.41, 5.74) is 4.43. The molecular weight excluding hydrogens is 220 g/mol. The van der Waals surface area contributed by atoms with Crippen LogP contribution < -0.4 is 4.74 Å². The molecule has 18 heavy (non-hydrogen) atoms. The summed E-state index contributed by atoms with van der Waals surface area (Å²) in [5, 5.41) is 0. The molecule has 1 atom stereocenters. The quantitative estimate of drug-likeness (QED) is 0.763. The average Bonchev–Trinajstić information content (AvgIpc) is 2.47. The van der Waals surface area contributed by atoms with Crippen LogP contribution >= 0.6 is 0 Å². The highest BCUT2D eigenvalue weighted by Gasteiger charge is 2.20. The molecule has 2 aromatic carbocycles. The van der Waals surface area contributed by atoms with Crippen molar-refractivity contribution in [3.8, 4) is 5.75 Å². The van der Waals surface area contributed by atoms with Gasteiger partial charge in [0.05, 0.1) is 7.11 Å². The highest BCUT2D eigenvalue weighted by atomic mass is 16.5. The van der Waals surface area contributed by atoms with Gasteiger partial charge in [-0.1, -0.05) is 36.4 Å². The van der Waals surface area contributed by atoms with E-state index in [0.717, 1.165) is 5.75 Å². The number of ether oxygens (including phenoxy) is 1. The number of rotatable bonds is 2. The Morgan fingerprint density at radius 1 is 1.00 bits per heavy atom. The third-order valence-corrected chi connectivity index (χ3v) is 3.89. The second-order valence-electron chi connectivity index (χ2n) is 4.92. The van der Waals surface area contributed by atoms with Gasteiger partial charge in [0, 0.05) is 5.92 Å². The average molecular weight is 238 g/mol. The SMILES string of the molecule is COc1ccc(C2CCCc3ccccc32)cc1. The van der Waals surface area contributed by atoms with Crippen molar-refractivity contribution in [1.82, 2.24) is 0 Å². The summed E-state index contributed by atoms with van der Waals surface area (Å²) in [5.74, 6) is 1.49. The molecule has 1 unspecified atom stereocenters. The second-order valence-corrected chi connectivity index (χ2v) is 4.92. The third kappa shape index (κ3) is 2.01. The van der Waals surface area contributed by atoms with Crippen LogP contribution in [0.5, 0.6) is 5.75 Å². The van der Waals surface area contributed by atoms with Gasteiger partial charge in [-0.3, -0.25) is 0 Å². The number of hydrogen-bond acceptors (Lipinski definition) is 1. The van der Waals surface area contributed by atoms with Gasteiger partial charge in [-0.2, -0.15) is 0 Å². The van der Waals surface area contributed by atoms with Crippen LogP contribution in [0, 0.1) is 0 Å². The van der Waals surface area contributed by atoms with E-state index in [9.17, 15) is 0 Å². The Labute approximate surface area is 108 Å². The first-order valence-electron chi connectivity index (χ1n) is 6.60. The number of methoxy groups -OCH3 is 1. The predicted molar refractivity (Wildman–Crippen MR) is 74.2 cm³/mol. The minimum atomic E-state index is 0.556. The molecule has 92 valence electrons. The van der Waals surface area contributed by atoms with E-state index in [1.54, 1.807) is 7.11 Å². The van der Waals surface area contributed by atoms with Crippen molar-refractivity contribution in [1.29, 1.82) is 0 Å². The molecular formula is C17H18O. The summed E-state index contributed by atoms with van der Waals surface area (Å²) < 4.78 is 5.23. The molecule has 0 fully saturated rings. The van der Waals surface area contributed by atoms with E-state index in [4.69, 9.17) is 4.74 Å². The first-order chi connectivity index (χ1) is 8.88. The van der Waals surface area contributed by atoms with Crippen LogP contribution in [0.2, 0.25) is 0 Å². The zero-order chi connectivity index (χ0) is 12.4. The zero-order valence-electron chi connectivity index (χ0n) is 10.7. The third-order valence-electron chi connectivity index (χ3n) is 3.89. The lowest BCUT2D eigenvalue weighted by Crippen LogP contribution is -2.10. The topological polar surface area (TPSA) is 9.23 Å². The summed E-state index contributed by atoms with van der Waals surface area (Å²) in [6.07, 6.45) is 3.76. The van der Waals surface area contributed by atoms with Gasteiger partial charge in [0.2, 0.25) is 0 Å². The summed E-state index contributed by atoms with van der Waals surface area (Å²) in [6, 6.07) is 17.4. The van der Waals surface area contributed by atoms with Crippen LogP contribution in [0.3, 0.4) is 0 Å². The van der Waals surface area contributed by atoms with Gasteiger partial charge in [-0.15, -0.1) is 0 Å². The molecule has 0 aliphatic heterocycles. The molecule has 0 radical (unpaired) electrons. The van der Waals surface area contributed by atoms with Crippen LogP contribution in [0.4, 0.5) is 0 Å². The normalized spacial score (nSPS) is 18.2. The fourth-order valence-electron chi connectivity index (χ4n) is 2.94. The number of aryl methyl sites for hydroxylation is 1. The highest BCUT2D eigenvalue weighted by Crippen LogP contribution is 2.36. The Morgan fingerprint density at radius 3 is 2.56 bits per heavy atom. The van der Waals surface area contributed by atoms with Crippen LogP contribution in [-0.2, 0) is 6.42 Å². The Bertz CT molecular complexity index is 528. The largest absolute Gasteiger partial charge is 0.497 e. The van der Waals surface area contributed by atoms with Crippen LogP contribution in [0.25, 0.3) is 0 Å². The molecule has 0 bridgehead atoms. The summed E-state index contributed by atoms with van der Waals surface area (Å²) in [6.45, 7) is 0. The summed E-state index contributed by atoms with van der Waals surface area (Å²) >= 11 is 0. The second kappa shape index (κ2) is 4.85. The van der Waals surface area contributed by atoms with Gasteiger partial charge in [-0.25, -0.2) is 0 Å². The number of fused-ring (bicyclic) bond motifs is 1. The highest BCUT2D eigenvalue weighted by molar-refractivity contribution is 5.41. The summed E-state index contributed by atoms with van der Waals surface area (Å²) in [7, 11) is 1.71. The molecule has 0 saturated heterocycles. The zero-order valence-corrected chi connectivity index (χ0v) is 10.7. The fourth-order valence-corrected chi connectivity index (χ4v) is 2.94. The van der Waals surface area contributed by atoms with E-state index in [-0.39, 0.29) is 0 Å². The van der Waals surface area contributed by atoms with Gasteiger partial charge in [0.1, 0.15) is 5.75 Å². The lowest BCUT2D eigenvalue weighted by Gasteiger charge is -2.26. The van der Waals surface area contributed by atoms with Gasteiger partial charge in [0.15, 0.2) is 0 Å². The number of benzene rings is 2. The maximum Gasteiger partial charge on any atom is 0.118 e. The first-order valence-corrected chi connectivity index (χ1v) is 6.60. The van der Waals surface area contributed by atoms with Crippen LogP contribution in [0.1, 0.15) is 35.4 Å². The van der Waals surface area contributed by atoms with Gasteiger partial charge in [-0.05, 0) is 48.1 Å². The lowest BCUT2D eigenvalue weighted by atomic mass is 9.79. The predicted octanol–water partition coefficient (Wildman–Crippen LogP) is 4.16. The first kappa shape index (κ1) is 11.3. The molecule has 3 rings (SSSR count). The van der Waals surface area contributed by atoms with Gasteiger partial charge in [0.25, 0.3) is 0 Å². The van der Waals surface area contributed by atoms with Gasteiger partial charge < -0.3 is 4.74 Å². The molecule has 0 heterocycles. The smallest absolute Gasteiger partial charge is 0.118 e. The van der Waals surface area contributed by atoms with E-state index in [1.807, 2.05) is 0 Å². The van der Waals surface area contributed by atoms with E-state index < -0.39 is 0 Å². The van der Waals surface area contributed by atoms with Crippen molar-refractivity contribution < 1.29 is 4.74 Å². The Kier molecular flexibility index (Phi) is 3.06. The molecule has 0 amide bonds. The van der Waals surface area contributed by atoms with E-state index >= 15 is 0 Å². The molecule has 0 spiro atoms. The fraction of sp³-hybridized carbons (Fsp3) is 0.294. The molecule has 1 nitrogen and oxygen atoms in total. The van der Waals surface area contributed by atoms with Crippen molar-refractivity contribution in [2.45, 2.75) is 25.2 Å². The van der Waals surface area contributed by atoms with Crippen molar-refractivity contribution in [2.75, 3.05) is 7.11 Å². The van der Waals surface area contributed by atoms with E-state index in [2.05, 4.69) is 48.5 Å². The van der Waals surface area contributed by atoms with Crippen LogP contribution in [0.15, 0.2) is 48.5 Å². The Balaban J connectivity index is 1.97. The molecule has 1 aliphatic carbocycles. The minimum absolute atomic E-state index is 0.556. The van der Waals surface area contributed by atoms with Crippen molar-refractivity contribution in [3.05, 3.63) is 65.2 Å². The molecule has 2 aromatic rings. The standard InChI is InChI=1S/C17H18O/c1-18-15-11-9-14(10-12-15)17-8-4-6-13-5-2-3-7-16(13)17/h2-3,5,7,9-12,17H,4,6,8H2,1H3. The molecule has 1 heteroatoms. The number of hydrogen-bond donors (Lipinski definition) is 0. The molecule has 0 saturated carbocycles. The minimum Gasteiger partial charge on any atom is -0.497 e. The maximum absolute atomic E-state index is 5.23. The van der Waals surface area contributed by atoms with Gasteiger partial charge >= 0.3 is 0 Å². The van der Waals surface area contributed by atoms with Crippen molar-refractivity contribution in [2.24, 2.45) is 0 Å². The van der Waals surface area contributed by atoms with Crippen LogP contribution in [-0.4, -0.2) is 7.11 Å². The van der Waals surface area contributed by atoms with Crippen molar-refractivity contribution in [3.63, 3.8) is 0 Å².